The highest BCUT2D eigenvalue weighted by Gasteiger charge is 2.17. The third-order valence-corrected chi connectivity index (χ3v) is 3.65. The van der Waals surface area contributed by atoms with Gasteiger partial charge in [-0.15, -0.1) is 0 Å². The van der Waals surface area contributed by atoms with E-state index in [1.165, 1.54) is 0 Å². The lowest BCUT2D eigenvalue weighted by Crippen LogP contribution is -2.26. The summed E-state index contributed by atoms with van der Waals surface area (Å²) in [4.78, 5) is 14.2. The molecule has 0 saturated heterocycles. The average Bonchev–Trinajstić information content (AvgIpc) is 2.93. The third kappa shape index (κ3) is 2.84. The van der Waals surface area contributed by atoms with E-state index in [-0.39, 0.29) is 5.91 Å². The molecule has 1 heterocycles. The first-order chi connectivity index (χ1) is 10.1. The largest absolute Gasteiger partial charge is 0.493 e. The molecule has 2 N–H and O–H groups in total. The van der Waals surface area contributed by atoms with Gasteiger partial charge in [-0.25, -0.2) is 0 Å². The summed E-state index contributed by atoms with van der Waals surface area (Å²) in [7, 11) is 1.80. The second-order valence-corrected chi connectivity index (χ2v) is 5.33. The Kier molecular flexibility index (Phi) is 3.52. The molecule has 0 atom stereocenters. The van der Waals surface area contributed by atoms with Crippen LogP contribution in [-0.4, -0.2) is 24.5 Å². The number of amides is 1. The number of anilines is 1. The van der Waals surface area contributed by atoms with E-state index in [2.05, 4.69) is 0 Å². The van der Waals surface area contributed by atoms with Crippen LogP contribution in [-0.2, 0) is 13.0 Å². The summed E-state index contributed by atoms with van der Waals surface area (Å²) in [6.07, 6.45) is 0.870. The zero-order valence-electron chi connectivity index (χ0n) is 12.0. The number of nitrogens with zero attached hydrogens (tertiary/aromatic N) is 1. The summed E-state index contributed by atoms with van der Waals surface area (Å²) in [5.41, 5.74) is 9.31. The topological polar surface area (TPSA) is 55.6 Å². The number of fused-ring (bicyclic) bond motifs is 1. The van der Waals surface area contributed by atoms with Crippen molar-refractivity contribution in [3.63, 3.8) is 0 Å². The van der Waals surface area contributed by atoms with E-state index in [9.17, 15) is 4.79 Å². The van der Waals surface area contributed by atoms with Crippen LogP contribution in [0.3, 0.4) is 0 Å². The van der Waals surface area contributed by atoms with Crippen molar-refractivity contribution >= 4 is 11.6 Å². The molecule has 0 aromatic heterocycles. The van der Waals surface area contributed by atoms with Crippen molar-refractivity contribution in [2.75, 3.05) is 19.4 Å². The highest BCUT2D eigenvalue weighted by atomic mass is 16.5. The Hall–Kier alpha value is -2.49. The van der Waals surface area contributed by atoms with Crippen LogP contribution in [0.4, 0.5) is 5.69 Å². The van der Waals surface area contributed by atoms with Gasteiger partial charge in [0.2, 0.25) is 0 Å². The van der Waals surface area contributed by atoms with E-state index in [1.54, 1.807) is 11.9 Å². The molecule has 1 aliphatic rings. The Morgan fingerprint density at radius 1 is 1.29 bits per heavy atom. The van der Waals surface area contributed by atoms with Crippen molar-refractivity contribution in [2.45, 2.75) is 13.0 Å². The van der Waals surface area contributed by atoms with E-state index in [4.69, 9.17) is 10.5 Å². The Balaban J connectivity index is 1.75. The molecule has 2 aromatic rings. The number of carbonyl (C=O) groups excluding carboxylic acids is 1. The zero-order chi connectivity index (χ0) is 14.8. The molecule has 0 unspecified atom stereocenters. The molecule has 0 aliphatic carbocycles. The highest BCUT2D eigenvalue weighted by Crippen LogP contribution is 2.26. The van der Waals surface area contributed by atoms with Crippen molar-refractivity contribution in [3.05, 3.63) is 59.2 Å². The second kappa shape index (κ2) is 5.48. The minimum absolute atomic E-state index is 0.00660. The lowest BCUT2D eigenvalue weighted by Gasteiger charge is -2.18. The summed E-state index contributed by atoms with van der Waals surface area (Å²) >= 11 is 0. The Bertz CT molecular complexity index is 682. The maximum atomic E-state index is 12.5. The van der Waals surface area contributed by atoms with E-state index >= 15 is 0 Å². The quantitative estimate of drug-likeness (QED) is 0.880. The first-order valence-corrected chi connectivity index (χ1v) is 6.99. The first kappa shape index (κ1) is 13.5. The molecule has 3 rings (SSSR count). The highest BCUT2D eigenvalue weighted by molar-refractivity contribution is 5.94. The van der Waals surface area contributed by atoms with Gasteiger partial charge in [0.15, 0.2) is 0 Å². The van der Waals surface area contributed by atoms with Crippen molar-refractivity contribution in [1.29, 1.82) is 0 Å². The van der Waals surface area contributed by atoms with Crippen LogP contribution >= 0.6 is 0 Å². The molecule has 0 fully saturated rings. The molecule has 108 valence electrons. The van der Waals surface area contributed by atoms with E-state index in [0.29, 0.717) is 24.4 Å². The minimum atomic E-state index is 0.00660. The van der Waals surface area contributed by atoms with Crippen LogP contribution in [0.5, 0.6) is 5.75 Å². The molecule has 0 radical (unpaired) electrons. The Labute approximate surface area is 124 Å². The normalized spacial score (nSPS) is 12.6. The summed E-state index contributed by atoms with van der Waals surface area (Å²) in [5, 5.41) is 0. The number of carbonyl (C=O) groups is 1. The van der Waals surface area contributed by atoms with E-state index in [0.717, 1.165) is 23.3 Å². The molecule has 0 bridgehead atoms. The van der Waals surface area contributed by atoms with Gasteiger partial charge in [-0.2, -0.15) is 0 Å². The molecule has 1 aliphatic heterocycles. The number of hydrogen-bond acceptors (Lipinski definition) is 3. The Morgan fingerprint density at radius 3 is 2.95 bits per heavy atom. The lowest BCUT2D eigenvalue weighted by atomic mass is 10.1. The van der Waals surface area contributed by atoms with Gasteiger partial charge in [0.25, 0.3) is 5.91 Å². The molecule has 4 nitrogen and oxygen atoms in total. The monoisotopic (exact) mass is 282 g/mol. The van der Waals surface area contributed by atoms with Crippen LogP contribution < -0.4 is 10.5 Å². The Morgan fingerprint density at radius 2 is 2.14 bits per heavy atom. The van der Waals surface area contributed by atoms with E-state index < -0.39 is 0 Å². The van der Waals surface area contributed by atoms with Gasteiger partial charge in [-0.05, 0) is 41.5 Å². The molecular formula is C17H18N2O2. The zero-order valence-corrected chi connectivity index (χ0v) is 12.0. The van der Waals surface area contributed by atoms with Gasteiger partial charge in [0.05, 0.1) is 6.61 Å². The van der Waals surface area contributed by atoms with Crippen LogP contribution in [0.1, 0.15) is 21.5 Å². The van der Waals surface area contributed by atoms with Gasteiger partial charge in [0, 0.05) is 31.3 Å². The minimum Gasteiger partial charge on any atom is -0.493 e. The predicted molar refractivity (Wildman–Crippen MR) is 82.3 cm³/mol. The van der Waals surface area contributed by atoms with Crippen molar-refractivity contribution in [3.8, 4) is 5.75 Å². The van der Waals surface area contributed by atoms with Crippen molar-refractivity contribution in [2.24, 2.45) is 0 Å². The third-order valence-electron chi connectivity index (χ3n) is 3.65. The van der Waals surface area contributed by atoms with Crippen molar-refractivity contribution in [1.82, 2.24) is 4.90 Å². The lowest BCUT2D eigenvalue weighted by molar-refractivity contribution is 0.0785. The molecule has 4 heteroatoms. The van der Waals surface area contributed by atoms with Gasteiger partial charge >= 0.3 is 0 Å². The molecular weight excluding hydrogens is 264 g/mol. The number of ether oxygens (including phenoxy) is 1. The van der Waals surface area contributed by atoms with Crippen LogP contribution in [0.2, 0.25) is 0 Å². The fourth-order valence-electron chi connectivity index (χ4n) is 2.58. The SMILES string of the molecule is CN(Cc1cccc(N)c1)C(=O)c1ccc2c(c1)CCO2. The van der Waals surface area contributed by atoms with Gasteiger partial charge in [0.1, 0.15) is 5.75 Å². The molecule has 2 aromatic carbocycles. The smallest absolute Gasteiger partial charge is 0.253 e. The number of nitrogen functional groups attached to an aromatic ring is 1. The van der Waals surface area contributed by atoms with Gasteiger partial charge in [-0.1, -0.05) is 12.1 Å². The maximum Gasteiger partial charge on any atom is 0.253 e. The van der Waals surface area contributed by atoms with Crippen LogP contribution in [0.15, 0.2) is 42.5 Å². The fraction of sp³-hybridized carbons (Fsp3) is 0.235. The summed E-state index contributed by atoms with van der Waals surface area (Å²) in [6, 6.07) is 13.2. The molecule has 0 spiro atoms. The van der Waals surface area contributed by atoms with Gasteiger partial charge < -0.3 is 15.4 Å². The summed E-state index contributed by atoms with van der Waals surface area (Å²) in [5.74, 6) is 0.900. The number of benzene rings is 2. The number of nitrogens with two attached hydrogens (primary N) is 1. The van der Waals surface area contributed by atoms with Gasteiger partial charge in [-0.3, -0.25) is 4.79 Å². The average molecular weight is 282 g/mol. The van der Waals surface area contributed by atoms with Crippen molar-refractivity contribution < 1.29 is 9.53 Å². The molecule has 0 saturated carbocycles. The number of rotatable bonds is 3. The first-order valence-electron chi connectivity index (χ1n) is 6.99. The fourth-order valence-corrected chi connectivity index (χ4v) is 2.58. The summed E-state index contributed by atoms with van der Waals surface area (Å²) in [6.45, 7) is 1.24. The molecule has 21 heavy (non-hydrogen) atoms. The molecule has 1 amide bonds. The van der Waals surface area contributed by atoms with Crippen LogP contribution in [0, 0.1) is 0 Å². The maximum absolute atomic E-state index is 12.5. The standard InChI is InChI=1S/C17H18N2O2/c1-19(11-12-3-2-4-15(18)9-12)17(20)14-5-6-16-13(10-14)7-8-21-16/h2-6,9-10H,7-8,11,18H2,1H3. The predicted octanol–water partition coefficient (Wildman–Crippen LogP) is 2.48. The van der Waals surface area contributed by atoms with E-state index in [1.807, 2.05) is 42.5 Å². The second-order valence-electron chi connectivity index (χ2n) is 5.33. The number of hydrogen-bond donors (Lipinski definition) is 1. The van der Waals surface area contributed by atoms with Crippen LogP contribution in [0.25, 0.3) is 0 Å². The summed E-state index contributed by atoms with van der Waals surface area (Å²) < 4.78 is 5.46.